The van der Waals surface area contributed by atoms with Crippen LogP contribution in [0.3, 0.4) is 0 Å². The molecule has 1 aromatic carbocycles. The molecule has 1 aromatic rings. The van der Waals surface area contributed by atoms with Gasteiger partial charge in [0.05, 0.1) is 6.61 Å². The van der Waals surface area contributed by atoms with Crippen LogP contribution in [0, 0.1) is 40.4 Å². The van der Waals surface area contributed by atoms with Crippen molar-refractivity contribution in [3.63, 3.8) is 0 Å². The van der Waals surface area contributed by atoms with Crippen LogP contribution >= 0.6 is 23.4 Å². The van der Waals surface area contributed by atoms with E-state index in [4.69, 9.17) is 16.3 Å². The van der Waals surface area contributed by atoms with Crippen LogP contribution in [0.25, 0.3) is 0 Å². The Balaban J connectivity index is 1.29. The number of carbonyl (C=O) groups excluding carboxylic acids is 1. The third-order valence-corrected chi connectivity index (χ3v) is 10.9. The predicted molar refractivity (Wildman–Crippen MR) is 130 cm³/mol. The first-order chi connectivity index (χ1) is 14.8. The van der Waals surface area contributed by atoms with Crippen molar-refractivity contribution in [2.24, 2.45) is 40.4 Å². The minimum atomic E-state index is 0.185. The van der Waals surface area contributed by atoms with E-state index in [0.717, 1.165) is 47.5 Å². The molecule has 0 amide bonds. The first-order valence-electron chi connectivity index (χ1n) is 12.1. The Morgan fingerprint density at radius 2 is 2.06 bits per heavy atom. The maximum absolute atomic E-state index is 12.1. The number of halogens is 1. The van der Waals surface area contributed by atoms with Crippen LogP contribution in [0.2, 0.25) is 5.02 Å². The molecule has 1 heterocycles. The van der Waals surface area contributed by atoms with Crippen molar-refractivity contribution in [3.8, 4) is 5.75 Å². The summed E-state index contributed by atoms with van der Waals surface area (Å²) in [5.74, 6) is 4.66. The van der Waals surface area contributed by atoms with Gasteiger partial charge in [0.25, 0.3) is 0 Å². The molecule has 0 bridgehead atoms. The first kappa shape index (κ1) is 21.9. The van der Waals surface area contributed by atoms with E-state index in [-0.39, 0.29) is 10.5 Å². The Morgan fingerprint density at radius 1 is 1.23 bits per heavy atom. The van der Waals surface area contributed by atoms with Gasteiger partial charge in [0.15, 0.2) is 0 Å². The van der Waals surface area contributed by atoms with Crippen molar-refractivity contribution in [2.45, 2.75) is 64.5 Å². The zero-order valence-corrected chi connectivity index (χ0v) is 20.6. The maximum atomic E-state index is 12.1. The van der Waals surface area contributed by atoms with Gasteiger partial charge in [-0.2, -0.15) is 0 Å². The molecule has 3 aliphatic carbocycles. The monoisotopic (exact) mass is 458 g/mol. The molecule has 3 saturated carbocycles. The molecular weight excluding hydrogens is 424 g/mol. The lowest BCUT2D eigenvalue weighted by Gasteiger charge is -2.60. The zero-order valence-electron chi connectivity index (χ0n) is 19.0. The molecule has 1 aliphatic heterocycles. The number of hydrogen-bond donors (Lipinski definition) is 0. The summed E-state index contributed by atoms with van der Waals surface area (Å²) in [6.07, 6.45) is 11.8. The molecule has 0 saturated heterocycles. The number of rotatable bonds is 4. The van der Waals surface area contributed by atoms with Gasteiger partial charge in [-0.1, -0.05) is 56.3 Å². The fourth-order valence-corrected chi connectivity index (χ4v) is 9.38. The molecule has 0 aromatic heterocycles. The highest BCUT2D eigenvalue weighted by Gasteiger charge is 2.60. The van der Waals surface area contributed by atoms with Gasteiger partial charge < -0.3 is 4.74 Å². The smallest absolute Gasteiger partial charge is 0.212 e. The normalized spacial score (nSPS) is 43.8. The molecule has 0 unspecified atom stereocenters. The number of thioether (sulfide) groups is 1. The lowest BCUT2D eigenvalue weighted by molar-refractivity contribution is -0.108. The van der Waals surface area contributed by atoms with Crippen molar-refractivity contribution in [2.75, 3.05) is 6.61 Å². The van der Waals surface area contributed by atoms with Crippen LogP contribution < -0.4 is 4.74 Å². The van der Waals surface area contributed by atoms with Crippen LogP contribution in [0.1, 0.15) is 59.3 Å². The van der Waals surface area contributed by atoms with Gasteiger partial charge in [-0.05, 0) is 97.8 Å². The van der Waals surface area contributed by atoms with Crippen molar-refractivity contribution in [1.82, 2.24) is 0 Å². The van der Waals surface area contributed by atoms with E-state index in [1.54, 1.807) is 11.8 Å². The summed E-state index contributed by atoms with van der Waals surface area (Å²) >= 11 is 7.71. The Kier molecular flexibility index (Phi) is 5.74. The molecule has 0 radical (unpaired) electrons. The molecule has 2 nitrogen and oxygen atoms in total. The van der Waals surface area contributed by atoms with Crippen molar-refractivity contribution >= 4 is 28.5 Å². The minimum Gasteiger partial charge on any atom is -0.494 e. The summed E-state index contributed by atoms with van der Waals surface area (Å²) in [7, 11) is 0. The van der Waals surface area contributed by atoms with Crippen LogP contribution in [0.4, 0.5) is 0 Å². The number of fused-ring (bicyclic) bond motifs is 5. The second-order valence-corrected chi connectivity index (χ2v) is 12.9. The lowest BCUT2D eigenvalue weighted by atomic mass is 9.48. The highest BCUT2D eigenvalue weighted by atomic mass is 35.5. The van der Waals surface area contributed by atoms with E-state index in [1.807, 2.05) is 30.3 Å². The number of allylic oxidation sites excluding steroid dienone is 1. The Hall–Kier alpha value is -0.930. The third-order valence-electron chi connectivity index (χ3n) is 9.36. The Morgan fingerprint density at radius 3 is 2.87 bits per heavy atom. The van der Waals surface area contributed by atoms with Gasteiger partial charge in [-0.3, -0.25) is 4.79 Å². The van der Waals surface area contributed by atoms with E-state index < -0.39 is 0 Å². The molecule has 4 heteroatoms. The molecule has 4 aliphatic rings. The molecule has 0 N–H and O–H groups in total. The predicted octanol–water partition coefficient (Wildman–Crippen LogP) is 7.41. The third kappa shape index (κ3) is 3.88. The topological polar surface area (TPSA) is 26.3 Å². The van der Waals surface area contributed by atoms with Crippen molar-refractivity contribution < 1.29 is 9.53 Å². The zero-order chi connectivity index (χ0) is 21.8. The highest BCUT2D eigenvalue weighted by molar-refractivity contribution is 8.14. The second-order valence-electron chi connectivity index (χ2n) is 11.2. The summed E-state index contributed by atoms with van der Waals surface area (Å²) in [5.41, 5.74) is 0.658. The average Bonchev–Trinajstić information content (AvgIpc) is 3.06. The summed E-state index contributed by atoms with van der Waals surface area (Å²) in [5, 5.41) is 1.46. The summed E-state index contributed by atoms with van der Waals surface area (Å²) in [6, 6.07) is 7.74. The van der Waals surface area contributed by atoms with Crippen molar-refractivity contribution in [1.29, 1.82) is 0 Å². The van der Waals surface area contributed by atoms with E-state index in [1.165, 1.54) is 32.1 Å². The number of ether oxygens (including phenoxy) is 1. The van der Waals surface area contributed by atoms with Gasteiger partial charge in [-0.15, -0.1) is 0 Å². The highest BCUT2D eigenvalue weighted by Crippen LogP contribution is 2.67. The number of benzene rings is 1. The van der Waals surface area contributed by atoms with E-state index in [0.29, 0.717) is 16.6 Å². The lowest BCUT2D eigenvalue weighted by Crippen LogP contribution is -2.55. The quantitative estimate of drug-likeness (QED) is 0.469. The van der Waals surface area contributed by atoms with Crippen LogP contribution in [0.5, 0.6) is 5.75 Å². The Bertz CT molecular complexity index is 884. The van der Waals surface area contributed by atoms with Gasteiger partial charge in [0, 0.05) is 15.7 Å². The van der Waals surface area contributed by atoms with Crippen LogP contribution in [-0.4, -0.2) is 17.0 Å². The standard InChI is InChI=1S/C27H35ClO2S/c1-17-13-23-27(3,11-8-24(29)31-23)21-7-10-26(2)16-18(14-22(26)25(17)21)9-12-30-20-6-4-5-19(28)15-20/h4-6,8,11,15,17-18,21-23,25H,7,9-10,12-14,16H2,1-3H3/t17-,18-,21-,22-,23+,25+,26+,27+/m0/s1. The number of hydrogen-bond acceptors (Lipinski definition) is 3. The van der Waals surface area contributed by atoms with E-state index >= 15 is 0 Å². The molecule has 3 fully saturated rings. The molecule has 0 spiro atoms. The van der Waals surface area contributed by atoms with E-state index in [2.05, 4.69) is 26.8 Å². The van der Waals surface area contributed by atoms with Gasteiger partial charge in [-0.25, -0.2) is 0 Å². The molecule has 8 atom stereocenters. The van der Waals surface area contributed by atoms with E-state index in [9.17, 15) is 4.79 Å². The summed E-state index contributed by atoms with van der Waals surface area (Å²) in [6.45, 7) is 8.27. The second kappa shape index (κ2) is 8.13. The fraction of sp³-hybridized carbons (Fsp3) is 0.667. The molecule has 5 rings (SSSR count). The summed E-state index contributed by atoms with van der Waals surface area (Å²) in [4.78, 5) is 12.1. The maximum Gasteiger partial charge on any atom is 0.212 e. The summed E-state index contributed by atoms with van der Waals surface area (Å²) < 4.78 is 6.03. The Labute approximate surface area is 196 Å². The van der Waals surface area contributed by atoms with Crippen LogP contribution in [0.15, 0.2) is 36.4 Å². The largest absolute Gasteiger partial charge is 0.494 e. The SMILES string of the molecule is C[C@H]1C[C@H]2SC(=O)C=C[C@]2(C)[C@H]2CC[C@]3(C)C[C@@H](CCOc4cccc(Cl)c4)C[C@H]3[C@H]12. The molecule has 31 heavy (non-hydrogen) atoms. The minimum absolute atomic E-state index is 0.185. The van der Waals surface area contributed by atoms with Crippen LogP contribution in [-0.2, 0) is 4.79 Å². The number of carbonyl (C=O) groups is 1. The molecule has 168 valence electrons. The first-order valence-corrected chi connectivity index (χ1v) is 13.3. The fourth-order valence-electron chi connectivity index (χ4n) is 7.86. The van der Waals surface area contributed by atoms with Gasteiger partial charge in [0.1, 0.15) is 5.75 Å². The average molecular weight is 459 g/mol. The molecular formula is C27H35ClO2S. The van der Waals surface area contributed by atoms with Gasteiger partial charge in [0.2, 0.25) is 5.12 Å². The van der Waals surface area contributed by atoms with Crippen molar-refractivity contribution in [3.05, 3.63) is 41.4 Å². The van der Waals surface area contributed by atoms with Gasteiger partial charge >= 0.3 is 0 Å².